The third kappa shape index (κ3) is 3.00. The number of benzene rings is 1. The number of rotatable bonds is 4. The van der Waals surface area contributed by atoms with Crippen molar-refractivity contribution in [1.29, 1.82) is 0 Å². The molecule has 116 valence electrons. The minimum Gasteiger partial charge on any atom is -0.482 e. The molecule has 3 rings (SSSR count). The van der Waals surface area contributed by atoms with Crippen LogP contribution in [0.5, 0.6) is 0 Å². The summed E-state index contributed by atoms with van der Waals surface area (Å²) in [6.07, 6.45) is 5.98. The highest BCUT2D eigenvalue weighted by atomic mass is 16.5. The molecule has 2 heterocycles. The first-order chi connectivity index (χ1) is 10.7. The van der Waals surface area contributed by atoms with E-state index in [1.165, 1.54) is 5.56 Å². The Bertz CT molecular complexity index is 591. The monoisotopic (exact) mass is 297 g/mol. The van der Waals surface area contributed by atoms with E-state index in [-0.39, 0.29) is 6.23 Å². The van der Waals surface area contributed by atoms with Gasteiger partial charge in [0, 0.05) is 19.0 Å². The number of carbonyl (C=O) groups excluding carboxylic acids is 1. The van der Waals surface area contributed by atoms with E-state index in [1.807, 2.05) is 25.3 Å². The van der Waals surface area contributed by atoms with Crippen LogP contribution in [0.1, 0.15) is 25.8 Å². The lowest BCUT2D eigenvalue weighted by Gasteiger charge is -2.46. The SMILES string of the molecule is C/C(C=O)=C\C1=CO[C@H]2[C@H](C)[C@@H]1CCN2Cc1ccccc1. The summed E-state index contributed by atoms with van der Waals surface area (Å²) in [4.78, 5) is 13.3. The predicted molar refractivity (Wildman–Crippen MR) is 86.9 cm³/mol. The van der Waals surface area contributed by atoms with Crippen LogP contribution < -0.4 is 0 Å². The van der Waals surface area contributed by atoms with Gasteiger partial charge in [-0.25, -0.2) is 0 Å². The Hall–Kier alpha value is -1.87. The largest absolute Gasteiger partial charge is 0.482 e. The quantitative estimate of drug-likeness (QED) is 0.629. The number of fused-ring (bicyclic) bond motifs is 2. The average Bonchev–Trinajstić information content (AvgIpc) is 2.53. The molecule has 0 aromatic heterocycles. The van der Waals surface area contributed by atoms with Crippen LogP contribution in [0.15, 0.2) is 53.8 Å². The summed E-state index contributed by atoms with van der Waals surface area (Å²) in [6.45, 7) is 6.05. The fourth-order valence-electron chi connectivity index (χ4n) is 3.57. The molecular formula is C19H23NO2. The molecule has 0 N–H and O–H groups in total. The van der Waals surface area contributed by atoms with E-state index in [0.717, 1.165) is 36.9 Å². The van der Waals surface area contributed by atoms with E-state index in [0.29, 0.717) is 11.8 Å². The molecule has 22 heavy (non-hydrogen) atoms. The van der Waals surface area contributed by atoms with E-state index < -0.39 is 0 Å². The lowest BCUT2D eigenvalue weighted by Crippen LogP contribution is -2.50. The van der Waals surface area contributed by atoms with Crippen molar-refractivity contribution in [2.24, 2.45) is 11.8 Å². The number of hydrogen-bond donors (Lipinski definition) is 0. The summed E-state index contributed by atoms with van der Waals surface area (Å²) in [6, 6.07) is 10.5. The number of aldehydes is 1. The Morgan fingerprint density at radius 3 is 2.86 bits per heavy atom. The van der Waals surface area contributed by atoms with Gasteiger partial charge in [0.05, 0.1) is 6.26 Å². The van der Waals surface area contributed by atoms with E-state index in [4.69, 9.17) is 4.74 Å². The smallest absolute Gasteiger partial charge is 0.155 e. The number of nitrogens with zero attached hydrogens (tertiary/aromatic N) is 1. The first kappa shape index (κ1) is 15.0. The molecular weight excluding hydrogens is 274 g/mol. The Balaban J connectivity index is 1.76. The van der Waals surface area contributed by atoms with Gasteiger partial charge < -0.3 is 4.74 Å². The lowest BCUT2D eigenvalue weighted by molar-refractivity contribution is -0.105. The Kier molecular flexibility index (Phi) is 4.44. The van der Waals surface area contributed by atoms with Gasteiger partial charge >= 0.3 is 0 Å². The third-order valence-electron chi connectivity index (χ3n) is 4.75. The topological polar surface area (TPSA) is 29.5 Å². The average molecular weight is 297 g/mol. The minimum absolute atomic E-state index is 0.132. The Labute approximate surface area is 132 Å². The molecule has 1 fully saturated rings. The molecule has 3 atom stereocenters. The van der Waals surface area contributed by atoms with Crippen LogP contribution in [0.4, 0.5) is 0 Å². The van der Waals surface area contributed by atoms with Crippen molar-refractivity contribution in [2.45, 2.75) is 33.0 Å². The molecule has 3 nitrogen and oxygen atoms in total. The van der Waals surface area contributed by atoms with E-state index in [2.05, 4.69) is 36.1 Å². The van der Waals surface area contributed by atoms with Crippen LogP contribution in [-0.2, 0) is 16.1 Å². The summed E-state index contributed by atoms with van der Waals surface area (Å²) in [7, 11) is 0. The Morgan fingerprint density at radius 1 is 1.36 bits per heavy atom. The van der Waals surface area contributed by atoms with Gasteiger partial charge in [-0.15, -0.1) is 0 Å². The first-order valence-corrected chi connectivity index (χ1v) is 7.96. The van der Waals surface area contributed by atoms with Gasteiger partial charge in [0.2, 0.25) is 0 Å². The highest BCUT2D eigenvalue weighted by molar-refractivity contribution is 5.73. The van der Waals surface area contributed by atoms with E-state index >= 15 is 0 Å². The standard InChI is InChI=1S/C19H23NO2/c1-14(12-21)10-17-13-22-19-15(2)18(17)8-9-20(19)11-16-6-4-3-5-7-16/h3-7,10,12-13,15,18-19H,8-9,11H2,1-2H3/b14-10+/t15-,18+,19+/m1/s1. The van der Waals surface area contributed by atoms with E-state index in [1.54, 1.807) is 0 Å². The lowest BCUT2D eigenvalue weighted by atomic mass is 9.78. The van der Waals surface area contributed by atoms with Gasteiger partial charge in [-0.05, 0) is 42.0 Å². The van der Waals surface area contributed by atoms with Crippen LogP contribution in [0.3, 0.4) is 0 Å². The molecule has 1 aromatic rings. The molecule has 3 heteroatoms. The zero-order valence-electron chi connectivity index (χ0n) is 13.2. The number of ether oxygens (including phenoxy) is 1. The van der Waals surface area contributed by atoms with Gasteiger partial charge in [-0.2, -0.15) is 0 Å². The fourth-order valence-corrected chi connectivity index (χ4v) is 3.57. The normalized spacial score (nSPS) is 28.7. The van der Waals surface area contributed by atoms with Gasteiger partial charge in [0.15, 0.2) is 6.23 Å². The molecule has 0 saturated carbocycles. The number of likely N-dealkylation sites (tertiary alicyclic amines) is 1. The van der Waals surface area contributed by atoms with Crippen LogP contribution in [-0.4, -0.2) is 24.0 Å². The molecule has 2 bridgehead atoms. The van der Waals surface area contributed by atoms with Gasteiger partial charge in [0.25, 0.3) is 0 Å². The summed E-state index contributed by atoms with van der Waals surface area (Å²) in [5.74, 6) is 0.925. The molecule has 1 aromatic carbocycles. The predicted octanol–water partition coefficient (Wildman–Crippen LogP) is 3.53. The molecule has 1 saturated heterocycles. The van der Waals surface area contributed by atoms with Gasteiger partial charge in [0.1, 0.15) is 6.29 Å². The van der Waals surface area contributed by atoms with Crippen molar-refractivity contribution >= 4 is 6.29 Å². The van der Waals surface area contributed by atoms with Crippen molar-refractivity contribution < 1.29 is 9.53 Å². The summed E-state index contributed by atoms with van der Waals surface area (Å²) in [5, 5.41) is 0. The van der Waals surface area contributed by atoms with E-state index in [9.17, 15) is 4.79 Å². The second-order valence-electron chi connectivity index (χ2n) is 6.36. The summed E-state index contributed by atoms with van der Waals surface area (Å²) < 4.78 is 6.01. The summed E-state index contributed by atoms with van der Waals surface area (Å²) >= 11 is 0. The highest BCUT2D eigenvalue weighted by Crippen LogP contribution is 2.39. The first-order valence-electron chi connectivity index (χ1n) is 7.96. The minimum atomic E-state index is 0.132. The summed E-state index contributed by atoms with van der Waals surface area (Å²) in [5.41, 5.74) is 3.24. The maximum absolute atomic E-state index is 10.8. The molecule has 0 unspecified atom stereocenters. The zero-order valence-corrected chi connectivity index (χ0v) is 13.2. The molecule has 0 spiro atoms. The van der Waals surface area contributed by atoms with Crippen LogP contribution in [0, 0.1) is 11.8 Å². The maximum Gasteiger partial charge on any atom is 0.155 e. The number of carbonyl (C=O) groups is 1. The Morgan fingerprint density at radius 2 is 2.14 bits per heavy atom. The van der Waals surface area contributed by atoms with Crippen LogP contribution in [0.2, 0.25) is 0 Å². The van der Waals surface area contributed by atoms with Crippen molar-refractivity contribution in [3.05, 3.63) is 59.4 Å². The van der Waals surface area contributed by atoms with Gasteiger partial charge in [-0.3, -0.25) is 9.69 Å². The van der Waals surface area contributed by atoms with Crippen molar-refractivity contribution in [3.63, 3.8) is 0 Å². The van der Waals surface area contributed by atoms with Crippen molar-refractivity contribution in [1.82, 2.24) is 4.90 Å². The number of piperidine rings is 1. The van der Waals surface area contributed by atoms with Crippen molar-refractivity contribution in [3.8, 4) is 0 Å². The number of allylic oxidation sites excluding steroid dienone is 3. The van der Waals surface area contributed by atoms with Gasteiger partial charge in [-0.1, -0.05) is 37.3 Å². The number of hydrogen-bond acceptors (Lipinski definition) is 3. The molecule has 0 radical (unpaired) electrons. The molecule has 0 aliphatic carbocycles. The van der Waals surface area contributed by atoms with Crippen LogP contribution in [0.25, 0.3) is 0 Å². The van der Waals surface area contributed by atoms with Crippen LogP contribution >= 0.6 is 0 Å². The highest BCUT2D eigenvalue weighted by Gasteiger charge is 2.40. The molecule has 2 aliphatic rings. The second kappa shape index (κ2) is 6.49. The zero-order chi connectivity index (χ0) is 15.5. The van der Waals surface area contributed by atoms with Crippen molar-refractivity contribution in [2.75, 3.05) is 6.54 Å². The molecule has 2 aliphatic heterocycles. The second-order valence-corrected chi connectivity index (χ2v) is 6.36. The maximum atomic E-state index is 10.8. The fraction of sp³-hybridized carbons (Fsp3) is 0.421. The molecule has 0 amide bonds. The third-order valence-corrected chi connectivity index (χ3v) is 4.75.